The van der Waals surface area contributed by atoms with Crippen molar-refractivity contribution in [2.24, 2.45) is 11.3 Å². The van der Waals surface area contributed by atoms with Crippen LogP contribution in [0.3, 0.4) is 0 Å². The lowest BCUT2D eigenvalue weighted by atomic mass is 9.93. The van der Waals surface area contributed by atoms with Gasteiger partial charge >= 0.3 is 5.97 Å². The summed E-state index contributed by atoms with van der Waals surface area (Å²) < 4.78 is 36.5. The number of ether oxygens (including phenoxy) is 1. The van der Waals surface area contributed by atoms with Gasteiger partial charge in [-0.2, -0.15) is 0 Å². The Labute approximate surface area is 260 Å². The number of likely N-dealkylation sites (tertiary alicyclic amines) is 1. The molecule has 2 saturated carbocycles. The van der Waals surface area contributed by atoms with Crippen LogP contribution < -0.4 is 4.74 Å². The number of piperidine rings is 1. The lowest BCUT2D eigenvalue weighted by Crippen LogP contribution is -2.34. The van der Waals surface area contributed by atoms with Gasteiger partial charge in [0.15, 0.2) is 5.78 Å². The molecule has 2 aromatic heterocycles. The number of carbonyl (C=O) groups excluding carboxylic acids is 1. The minimum Gasteiger partial charge on any atom is -0.478 e. The van der Waals surface area contributed by atoms with Gasteiger partial charge in [-0.25, -0.2) is 19.2 Å². The highest BCUT2D eigenvalue weighted by atomic mass is 19.1. The first-order valence-corrected chi connectivity index (χ1v) is 15.7. The van der Waals surface area contributed by atoms with E-state index >= 15 is 0 Å². The maximum atomic E-state index is 14.7. The number of halogens is 2. The number of alkyl halides is 1. The summed E-state index contributed by atoms with van der Waals surface area (Å²) >= 11 is 0. The minimum absolute atomic E-state index is 0.0122. The number of pyridine rings is 1. The van der Waals surface area contributed by atoms with Crippen molar-refractivity contribution in [1.29, 1.82) is 0 Å². The molecule has 10 heteroatoms. The molecule has 0 bridgehead atoms. The lowest BCUT2D eigenvalue weighted by molar-refractivity contribution is 0.0696. The van der Waals surface area contributed by atoms with Gasteiger partial charge in [-0.15, -0.1) is 0 Å². The first-order chi connectivity index (χ1) is 21.8. The van der Waals surface area contributed by atoms with Crippen LogP contribution in [0.15, 0.2) is 54.6 Å². The number of fused-ring (bicyclic) bond motifs is 1. The van der Waals surface area contributed by atoms with Gasteiger partial charge < -0.3 is 14.4 Å². The third-order valence-electron chi connectivity index (χ3n) is 9.59. The zero-order valence-electron chi connectivity index (χ0n) is 25.1. The van der Waals surface area contributed by atoms with Crippen molar-refractivity contribution in [2.45, 2.75) is 64.1 Å². The van der Waals surface area contributed by atoms with Gasteiger partial charge in [0, 0.05) is 46.7 Å². The molecule has 0 atom stereocenters. The molecule has 4 aromatic rings. The van der Waals surface area contributed by atoms with Crippen LogP contribution in [0.4, 0.5) is 8.78 Å². The van der Waals surface area contributed by atoms with Crippen LogP contribution in [0, 0.1) is 17.2 Å². The average molecular weight is 615 g/mol. The van der Waals surface area contributed by atoms with E-state index in [1.807, 2.05) is 16.7 Å². The molecule has 1 aliphatic heterocycles. The van der Waals surface area contributed by atoms with E-state index in [1.165, 1.54) is 6.07 Å². The summed E-state index contributed by atoms with van der Waals surface area (Å²) in [5.74, 6) is 0.124. The first kappa shape index (κ1) is 29.5. The summed E-state index contributed by atoms with van der Waals surface area (Å²) in [5.41, 5.74) is 3.02. The smallest absolute Gasteiger partial charge is 0.335 e. The Kier molecular flexibility index (Phi) is 7.85. The Morgan fingerprint density at radius 2 is 1.76 bits per heavy atom. The Balaban J connectivity index is 0.990. The van der Waals surface area contributed by atoms with E-state index in [-0.39, 0.29) is 35.2 Å². The normalized spacial score (nSPS) is 18.3. The summed E-state index contributed by atoms with van der Waals surface area (Å²) in [6.07, 6.45) is 5.19. The highest BCUT2D eigenvalue weighted by molar-refractivity contribution is 5.99. The molecular formula is C35H36F2N4O4. The summed E-state index contributed by atoms with van der Waals surface area (Å²) in [6, 6.07) is 15.2. The van der Waals surface area contributed by atoms with E-state index in [4.69, 9.17) is 14.7 Å². The number of benzene rings is 2. The molecular weight excluding hydrogens is 578 g/mol. The largest absolute Gasteiger partial charge is 0.478 e. The molecule has 8 nitrogen and oxygen atoms in total. The standard InChI is InChI=1S/C35H36F2N4O4/c36-20-35(12-13-35)21-41-30-17-25(34(43)44)8-9-29(30)38-31(41)18-40-14-10-22(11-15-40)28-2-1-3-32(39-28)45-19-26-7-6-24(16-27(26)37)33(42)23-4-5-23/h1-3,6-9,16-17,22-23H,4-5,10-15,18-21H2,(H,43,44). The van der Waals surface area contributed by atoms with E-state index in [1.54, 1.807) is 36.4 Å². The van der Waals surface area contributed by atoms with Crippen LogP contribution >= 0.6 is 0 Å². The monoisotopic (exact) mass is 614 g/mol. The molecule has 2 aromatic carbocycles. The fourth-order valence-corrected chi connectivity index (χ4v) is 6.32. The van der Waals surface area contributed by atoms with Crippen LogP contribution in [0.1, 0.15) is 82.2 Å². The van der Waals surface area contributed by atoms with E-state index in [9.17, 15) is 23.5 Å². The van der Waals surface area contributed by atoms with Crippen molar-refractivity contribution in [3.63, 3.8) is 0 Å². The van der Waals surface area contributed by atoms with Gasteiger partial charge in [0.1, 0.15) is 18.2 Å². The van der Waals surface area contributed by atoms with Crippen LogP contribution in [0.25, 0.3) is 11.0 Å². The number of carboxylic acid groups (broad SMARTS) is 1. The number of aromatic carboxylic acids is 1. The molecule has 7 rings (SSSR count). The van der Waals surface area contributed by atoms with Crippen molar-refractivity contribution in [3.8, 4) is 5.88 Å². The predicted molar refractivity (Wildman–Crippen MR) is 164 cm³/mol. The fraction of sp³-hybridized carbons (Fsp3) is 0.429. The molecule has 0 unspecified atom stereocenters. The molecule has 3 aliphatic rings. The van der Waals surface area contributed by atoms with Gasteiger partial charge in [0.05, 0.1) is 29.8 Å². The number of hydrogen-bond donors (Lipinski definition) is 1. The summed E-state index contributed by atoms with van der Waals surface area (Å²) in [4.78, 5) is 35.8. The molecule has 2 aliphatic carbocycles. The predicted octanol–water partition coefficient (Wildman–Crippen LogP) is 6.57. The number of ketones is 1. The number of carbonyl (C=O) groups is 2. The Hall–Kier alpha value is -4.18. The van der Waals surface area contributed by atoms with Gasteiger partial charge in [-0.3, -0.25) is 14.1 Å². The van der Waals surface area contributed by atoms with Gasteiger partial charge in [-0.1, -0.05) is 18.2 Å². The summed E-state index contributed by atoms with van der Waals surface area (Å²) in [7, 11) is 0. The fourth-order valence-electron chi connectivity index (χ4n) is 6.32. The Morgan fingerprint density at radius 1 is 0.978 bits per heavy atom. The minimum atomic E-state index is -0.995. The first-order valence-electron chi connectivity index (χ1n) is 15.7. The molecule has 0 spiro atoms. The molecule has 1 N–H and O–H groups in total. The Bertz CT molecular complexity index is 1760. The molecule has 1 saturated heterocycles. The second-order valence-corrected chi connectivity index (χ2v) is 12.9. The van der Waals surface area contributed by atoms with Crippen molar-refractivity contribution >= 4 is 22.8 Å². The molecule has 45 heavy (non-hydrogen) atoms. The van der Waals surface area contributed by atoms with E-state index in [2.05, 4.69) is 4.90 Å². The van der Waals surface area contributed by atoms with Gasteiger partial charge in [0.25, 0.3) is 0 Å². The quantitative estimate of drug-likeness (QED) is 0.180. The Morgan fingerprint density at radius 3 is 2.44 bits per heavy atom. The number of imidazole rings is 1. The zero-order chi connectivity index (χ0) is 31.1. The zero-order valence-corrected chi connectivity index (χ0v) is 25.1. The van der Waals surface area contributed by atoms with Crippen LogP contribution in [-0.2, 0) is 19.7 Å². The number of rotatable bonds is 12. The van der Waals surface area contributed by atoms with Crippen molar-refractivity contribution < 1.29 is 28.2 Å². The van der Waals surface area contributed by atoms with Crippen molar-refractivity contribution in [2.75, 3.05) is 19.8 Å². The molecule has 0 amide bonds. The maximum Gasteiger partial charge on any atom is 0.335 e. The van der Waals surface area contributed by atoms with Gasteiger partial charge in [-0.05, 0) is 81.9 Å². The van der Waals surface area contributed by atoms with E-state index in [0.29, 0.717) is 30.1 Å². The molecule has 3 heterocycles. The maximum absolute atomic E-state index is 14.7. The van der Waals surface area contributed by atoms with Crippen LogP contribution in [0.5, 0.6) is 5.88 Å². The third kappa shape index (κ3) is 6.33. The number of carboxylic acids is 1. The molecule has 0 radical (unpaired) electrons. The number of Topliss-reactive ketones (excluding diaryl/α,β-unsaturated/α-hetero) is 1. The van der Waals surface area contributed by atoms with Crippen molar-refractivity contribution in [3.05, 3.63) is 88.6 Å². The number of nitrogens with zero attached hydrogens (tertiary/aromatic N) is 4. The summed E-state index contributed by atoms with van der Waals surface area (Å²) in [6.45, 7) is 2.38. The van der Waals surface area contributed by atoms with E-state index < -0.39 is 18.5 Å². The average Bonchev–Trinajstić information content (AvgIpc) is 3.99. The summed E-state index contributed by atoms with van der Waals surface area (Å²) in [5, 5.41) is 9.53. The number of aromatic nitrogens is 3. The molecule has 234 valence electrons. The molecule has 3 fully saturated rings. The van der Waals surface area contributed by atoms with Crippen molar-refractivity contribution in [1.82, 2.24) is 19.4 Å². The lowest BCUT2D eigenvalue weighted by Gasteiger charge is -2.31. The van der Waals surface area contributed by atoms with E-state index in [0.717, 1.165) is 74.2 Å². The SMILES string of the molecule is O=C(O)c1ccc2nc(CN3CCC(c4cccc(OCc5ccc(C(=O)C6CC6)cc5F)n4)CC3)n(CC3(CF)CC3)c2c1. The topological polar surface area (TPSA) is 97.5 Å². The van der Waals surface area contributed by atoms with Crippen LogP contribution in [0.2, 0.25) is 0 Å². The second kappa shape index (κ2) is 12.0. The number of hydrogen-bond acceptors (Lipinski definition) is 6. The van der Waals surface area contributed by atoms with Crippen LogP contribution in [-0.4, -0.2) is 56.1 Å². The van der Waals surface area contributed by atoms with Gasteiger partial charge in [0.2, 0.25) is 5.88 Å². The highest BCUT2D eigenvalue weighted by Gasteiger charge is 2.44. The second-order valence-electron chi connectivity index (χ2n) is 12.9. The highest BCUT2D eigenvalue weighted by Crippen LogP contribution is 2.48. The third-order valence-corrected chi connectivity index (χ3v) is 9.59.